The van der Waals surface area contributed by atoms with Crippen molar-refractivity contribution in [2.75, 3.05) is 20.1 Å². The second-order valence-electron chi connectivity index (χ2n) is 5.62. The van der Waals surface area contributed by atoms with Gasteiger partial charge in [0.05, 0.1) is 0 Å². The predicted molar refractivity (Wildman–Crippen MR) is 70.1 cm³/mol. The minimum Gasteiger partial charge on any atom is -0.306 e. The lowest BCUT2D eigenvalue weighted by Gasteiger charge is -2.43. The molecule has 1 atom stereocenters. The van der Waals surface area contributed by atoms with Crippen LogP contribution in [0.1, 0.15) is 31.7 Å². The lowest BCUT2D eigenvalue weighted by molar-refractivity contribution is 0.114. The van der Waals surface area contributed by atoms with Crippen LogP contribution >= 0.6 is 11.6 Å². The monoisotopic (exact) mass is 237 g/mol. The molecule has 88 valence electrons. The first-order valence-electron chi connectivity index (χ1n) is 5.93. The molecule has 0 N–H and O–H groups in total. The van der Waals surface area contributed by atoms with E-state index in [1.54, 1.807) is 0 Å². The van der Waals surface area contributed by atoms with Crippen LogP contribution in [0.2, 0.25) is 5.02 Å². The molecule has 1 aromatic carbocycles. The number of nitrogens with zero attached hydrogens (tertiary/aromatic N) is 1. The quantitative estimate of drug-likeness (QED) is 0.719. The van der Waals surface area contributed by atoms with E-state index in [1.807, 2.05) is 12.1 Å². The lowest BCUT2D eigenvalue weighted by atomic mass is 9.71. The smallest absolute Gasteiger partial charge is 0.0406 e. The van der Waals surface area contributed by atoms with Crippen LogP contribution in [0, 0.1) is 5.41 Å². The van der Waals surface area contributed by atoms with Gasteiger partial charge in [-0.15, -0.1) is 0 Å². The maximum Gasteiger partial charge on any atom is 0.0406 e. The SMILES string of the molecule is CN1CCC(c2ccc(Cl)cc2)C(C)(C)C1. The molecule has 16 heavy (non-hydrogen) atoms. The third kappa shape index (κ3) is 2.41. The molecule has 0 bridgehead atoms. The maximum atomic E-state index is 5.94. The number of likely N-dealkylation sites (tertiary alicyclic amines) is 1. The van der Waals surface area contributed by atoms with E-state index in [2.05, 4.69) is 37.9 Å². The number of piperidine rings is 1. The minimum atomic E-state index is 0.348. The highest BCUT2D eigenvalue weighted by Crippen LogP contribution is 2.41. The van der Waals surface area contributed by atoms with Crippen molar-refractivity contribution < 1.29 is 0 Å². The van der Waals surface area contributed by atoms with E-state index >= 15 is 0 Å². The van der Waals surface area contributed by atoms with E-state index in [9.17, 15) is 0 Å². The van der Waals surface area contributed by atoms with Crippen molar-refractivity contribution in [3.8, 4) is 0 Å². The summed E-state index contributed by atoms with van der Waals surface area (Å²) in [4.78, 5) is 2.42. The zero-order chi connectivity index (χ0) is 11.8. The Morgan fingerprint density at radius 1 is 1.25 bits per heavy atom. The van der Waals surface area contributed by atoms with Gasteiger partial charge in [0.25, 0.3) is 0 Å². The highest BCUT2D eigenvalue weighted by atomic mass is 35.5. The van der Waals surface area contributed by atoms with Crippen LogP contribution in [0.25, 0.3) is 0 Å². The van der Waals surface area contributed by atoms with Crippen LogP contribution in [0.3, 0.4) is 0 Å². The Labute approximate surface area is 103 Å². The first-order valence-corrected chi connectivity index (χ1v) is 6.31. The molecule has 0 saturated carbocycles. The van der Waals surface area contributed by atoms with Crippen molar-refractivity contribution >= 4 is 11.6 Å². The van der Waals surface area contributed by atoms with Crippen molar-refractivity contribution in [3.63, 3.8) is 0 Å². The van der Waals surface area contributed by atoms with Gasteiger partial charge in [-0.1, -0.05) is 37.6 Å². The van der Waals surface area contributed by atoms with Gasteiger partial charge in [0.15, 0.2) is 0 Å². The van der Waals surface area contributed by atoms with Crippen LogP contribution in [-0.4, -0.2) is 25.0 Å². The zero-order valence-electron chi connectivity index (χ0n) is 10.3. The van der Waals surface area contributed by atoms with Crippen molar-refractivity contribution in [2.24, 2.45) is 5.41 Å². The van der Waals surface area contributed by atoms with Gasteiger partial charge in [-0.3, -0.25) is 0 Å². The van der Waals surface area contributed by atoms with E-state index in [-0.39, 0.29) is 0 Å². The van der Waals surface area contributed by atoms with E-state index in [0.29, 0.717) is 11.3 Å². The summed E-state index contributed by atoms with van der Waals surface area (Å²) in [5, 5.41) is 0.828. The Morgan fingerprint density at radius 2 is 1.88 bits per heavy atom. The fraction of sp³-hybridized carbons (Fsp3) is 0.571. The fourth-order valence-corrected chi connectivity index (χ4v) is 3.06. The molecule has 0 aliphatic carbocycles. The third-order valence-corrected chi connectivity index (χ3v) is 3.94. The molecule has 2 heteroatoms. The summed E-state index contributed by atoms with van der Waals surface area (Å²) in [7, 11) is 2.21. The van der Waals surface area contributed by atoms with Gasteiger partial charge in [-0.25, -0.2) is 0 Å². The summed E-state index contributed by atoms with van der Waals surface area (Å²) < 4.78 is 0. The number of halogens is 1. The molecule has 1 heterocycles. The van der Waals surface area contributed by atoms with Gasteiger partial charge in [0, 0.05) is 11.6 Å². The van der Waals surface area contributed by atoms with Crippen LogP contribution in [0.5, 0.6) is 0 Å². The normalized spacial score (nSPS) is 25.6. The summed E-state index contributed by atoms with van der Waals surface area (Å²) in [6, 6.07) is 8.37. The van der Waals surface area contributed by atoms with Gasteiger partial charge in [0.1, 0.15) is 0 Å². The second-order valence-corrected chi connectivity index (χ2v) is 6.06. The summed E-state index contributed by atoms with van der Waals surface area (Å²) >= 11 is 5.94. The van der Waals surface area contributed by atoms with Gasteiger partial charge >= 0.3 is 0 Å². The Morgan fingerprint density at radius 3 is 2.44 bits per heavy atom. The molecule has 1 aliphatic heterocycles. The van der Waals surface area contributed by atoms with Crippen molar-refractivity contribution in [1.82, 2.24) is 4.90 Å². The first kappa shape index (κ1) is 11.9. The molecule has 2 rings (SSSR count). The number of rotatable bonds is 1. The molecule has 1 fully saturated rings. The zero-order valence-corrected chi connectivity index (χ0v) is 11.1. The van der Waals surface area contributed by atoms with E-state index in [0.717, 1.165) is 5.02 Å². The summed E-state index contributed by atoms with van der Waals surface area (Å²) in [6.07, 6.45) is 1.24. The van der Waals surface area contributed by atoms with Crippen LogP contribution in [0.15, 0.2) is 24.3 Å². The Balaban J connectivity index is 2.23. The van der Waals surface area contributed by atoms with E-state index in [1.165, 1.54) is 25.1 Å². The van der Waals surface area contributed by atoms with Crippen molar-refractivity contribution in [3.05, 3.63) is 34.9 Å². The van der Waals surface area contributed by atoms with Crippen LogP contribution < -0.4 is 0 Å². The Kier molecular flexibility index (Phi) is 3.27. The topological polar surface area (TPSA) is 3.24 Å². The summed E-state index contributed by atoms with van der Waals surface area (Å²) in [5.74, 6) is 0.654. The number of hydrogen-bond acceptors (Lipinski definition) is 1. The molecule has 0 amide bonds. The van der Waals surface area contributed by atoms with E-state index in [4.69, 9.17) is 11.6 Å². The highest BCUT2D eigenvalue weighted by molar-refractivity contribution is 6.30. The summed E-state index contributed by atoms with van der Waals surface area (Å²) in [6.45, 7) is 7.08. The minimum absolute atomic E-state index is 0.348. The Hall–Kier alpha value is -0.530. The Bertz CT molecular complexity index is 356. The van der Waals surface area contributed by atoms with Gasteiger partial charge in [0.2, 0.25) is 0 Å². The molecule has 0 aromatic heterocycles. The van der Waals surface area contributed by atoms with Gasteiger partial charge in [-0.2, -0.15) is 0 Å². The largest absolute Gasteiger partial charge is 0.306 e. The number of hydrogen-bond donors (Lipinski definition) is 0. The average molecular weight is 238 g/mol. The molecule has 0 spiro atoms. The number of benzene rings is 1. The predicted octanol–water partition coefficient (Wildman–Crippen LogP) is 3.79. The first-order chi connectivity index (χ1) is 7.49. The van der Waals surface area contributed by atoms with Gasteiger partial charge < -0.3 is 4.90 Å². The third-order valence-electron chi connectivity index (χ3n) is 3.69. The van der Waals surface area contributed by atoms with Crippen molar-refractivity contribution in [1.29, 1.82) is 0 Å². The lowest BCUT2D eigenvalue weighted by Crippen LogP contribution is -2.42. The fourth-order valence-electron chi connectivity index (χ4n) is 2.94. The summed E-state index contributed by atoms with van der Waals surface area (Å²) in [5.41, 5.74) is 1.78. The highest BCUT2D eigenvalue weighted by Gasteiger charge is 2.35. The average Bonchev–Trinajstić information content (AvgIpc) is 2.18. The molecular formula is C14H20ClN. The van der Waals surface area contributed by atoms with Crippen molar-refractivity contribution in [2.45, 2.75) is 26.2 Å². The molecule has 1 nitrogen and oxygen atoms in total. The molecule has 1 aromatic rings. The molecular weight excluding hydrogens is 218 g/mol. The molecule has 1 saturated heterocycles. The maximum absolute atomic E-state index is 5.94. The van der Waals surface area contributed by atoms with Gasteiger partial charge in [-0.05, 0) is 49.0 Å². The van der Waals surface area contributed by atoms with Crippen LogP contribution in [-0.2, 0) is 0 Å². The standard InChI is InChI=1S/C14H20ClN/c1-14(2)10-16(3)9-8-13(14)11-4-6-12(15)7-5-11/h4-7,13H,8-10H2,1-3H3. The molecule has 1 unspecified atom stereocenters. The molecule has 0 radical (unpaired) electrons. The molecule has 1 aliphatic rings. The van der Waals surface area contributed by atoms with E-state index < -0.39 is 0 Å². The van der Waals surface area contributed by atoms with Crippen LogP contribution in [0.4, 0.5) is 0 Å². The second kappa shape index (κ2) is 4.38.